The van der Waals surface area contributed by atoms with Crippen molar-refractivity contribution >= 4 is 23.0 Å². The molecule has 2 aromatic carbocycles. The maximum Gasteiger partial charge on any atom is 0.0485 e. The highest BCUT2D eigenvalue weighted by atomic mass is 32.2. The molecule has 0 atom stereocenters. The van der Waals surface area contributed by atoms with Gasteiger partial charge < -0.3 is 10.6 Å². The number of anilines is 1. The first-order valence-electron chi connectivity index (χ1n) is 8.57. The number of fused-ring (bicyclic) bond motifs is 1. The van der Waals surface area contributed by atoms with Gasteiger partial charge in [-0.1, -0.05) is 54.7 Å². The van der Waals surface area contributed by atoms with Crippen LogP contribution in [0.5, 0.6) is 0 Å². The first-order chi connectivity index (χ1) is 12.2. The molecule has 2 N–H and O–H groups in total. The first kappa shape index (κ1) is 17.6. The molecule has 2 aromatic rings. The maximum atomic E-state index is 5.67. The van der Waals surface area contributed by atoms with Gasteiger partial charge in [0.05, 0.1) is 0 Å². The van der Waals surface area contributed by atoms with Gasteiger partial charge in [0.25, 0.3) is 0 Å². The van der Waals surface area contributed by atoms with Crippen molar-refractivity contribution in [1.29, 1.82) is 0 Å². The SMILES string of the molecule is C=C(/C=C1/C=CN(CCCN)c2ccccc21)Sc1ccccc1C. The van der Waals surface area contributed by atoms with Crippen LogP contribution < -0.4 is 10.6 Å². The van der Waals surface area contributed by atoms with E-state index < -0.39 is 0 Å². The highest BCUT2D eigenvalue weighted by molar-refractivity contribution is 8.03. The first-order valence-corrected chi connectivity index (χ1v) is 9.39. The summed E-state index contributed by atoms with van der Waals surface area (Å²) < 4.78 is 0. The van der Waals surface area contributed by atoms with Crippen molar-refractivity contribution in [2.45, 2.75) is 18.2 Å². The average Bonchev–Trinajstić information content (AvgIpc) is 2.63. The topological polar surface area (TPSA) is 29.3 Å². The molecule has 1 heterocycles. The normalized spacial score (nSPS) is 14.6. The number of hydrogen-bond acceptors (Lipinski definition) is 3. The maximum absolute atomic E-state index is 5.67. The highest BCUT2D eigenvalue weighted by Gasteiger charge is 2.15. The molecule has 0 unspecified atom stereocenters. The molecule has 25 heavy (non-hydrogen) atoms. The summed E-state index contributed by atoms with van der Waals surface area (Å²) in [4.78, 5) is 4.57. The molecule has 1 aliphatic rings. The van der Waals surface area contributed by atoms with E-state index >= 15 is 0 Å². The molecule has 1 aliphatic heterocycles. The lowest BCUT2D eigenvalue weighted by Gasteiger charge is -2.27. The van der Waals surface area contributed by atoms with Crippen LogP contribution in [0, 0.1) is 6.92 Å². The zero-order chi connectivity index (χ0) is 17.6. The second-order valence-corrected chi connectivity index (χ2v) is 7.27. The van der Waals surface area contributed by atoms with Gasteiger partial charge in [0.1, 0.15) is 0 Å². The minimum absolute atomic E-state index is 0.707. The van der Waals surface area contributed by atoms with Crippen LogP contribution in [0.4, 0.5) is 5.69 Å². The molecular formula is C22H24N2S. The van der Waals surface area contributed by atoms with Gasteiger partial charge in [0, 0.05) is 33.8 Å². The Hall–Kier alpha value is -2.23. The van der Waals surface area contributed by atoms with Crippen molar-refractivity contribution in [3.05, 3.63) is 89.5 Å². The lowest BCUT2D eigenvalue weighted by Crippen LogP contribution is -2.23. The summed E-state index contributed by atoms with van der Waals surface area (Å²) in [5, 5.41) is 0. The summed E-state index contributed by atoms with van der Waals surface area (Å²) in [6, 6.07) is 16.9. The van der Waals surface area contributed by atoms with Gasteiger partial charge in [-0.3, -0.25) is 0 Å². The zero-order valence-electron chi connectivity index (χ0n) is 14.6. The van der Waals surface area contributed by atoms with Crippen LogP contribution in [-0.4, -0.2) is 13.1 Å². The standard InChI is InChI=1S/C22H24N2S/c1-17-8-3-6-11-22(17)25-18(2)16-19-12-15-24(14-7-13-23)21-10-5-4-9-20(19)21/h3-6,8-12,15-16H,2,7,13-14,23H2,1H3/b19-16-. The van der Waals surface area contributed by atoms with Crippen LogP contribution in [-0.2, 0) is 0 Å². The Labute approximate surface area is 154 Å². The van der Waals surface area contributed by atoms with E-state index in [0.29, 0.717) is 6.54 Å². The Morgan fingerprint density at radius 2 is 1.92 bits per heavy atom. The van der Waals surface area contributed by atoms with E-state index in [1.54, 1.807) is 11.8 Å². The predicted molar refractivity (Wildman–Crippen MR) is 111 cm³/mol. The molecule has 0 fully saturated rings. The Morgan fingerprint density at radius 3 is 2.72 bits per heavy atom. The van der Waals surface area contributed by atoms with Gasteiger partial charge in [-0.05, 0) is 55.3 Å². The number of allylic oxidation sites excluding steroid dienone is 3. The molecule has 0 saturated heterocycles. The van der Waals surface area contributed by atoms with Crippen LogP contribution in [0.2, 0.25) is 0 Å². The Morgan fingerprint density at radius 1 is 1.16 bits per heavy atom. The van der Waals surface area contributed by atoms with Gasteiger partial charge in [-0.15, -0.1) is 0 Å². The van der Waals surface area contributed by atoms with Crippen LogP contribution in [0.3, 0.4) is 0 Å². The number of aryl methyl sites for hydroxylation is 1. The summed E-state index contributed by atoms with van der Waals surface area (Å²) in [5.41, 5.74) is 10.6. The molecule has 3 rings (SSSR count). The summed E-state index contributed by atoms with van der Waals surface area (Å²) in [5.74, 6) is 0. The molecule has 0 saturated carbocycles. The molecule has 128 valence electrons. The predicted octanol–water partition coefficient (Wildman–Crippen LogP) is 5.37. The molecule has 0 bridgehead atoms. The molecule has 2 nitrogen and oxygen atoms in total. The molecule has 0 aromatic heterocycles. The van der Waals surface area contributed by atoms with Gasteiger partial charge in [-0.25, -0.2) is 0 Å². The highest BCUT2D eigenvalue weighted by Crippen LogP contribution is 2.36. The lowest BCUT2D eigenvalue weighted by molar-refractivity contribution is 0.812. The summed E-state index contributed by atoms with van der Waals surface area (Å²) in [6.07, 6.45) is 7.47. The van der Waals surface area contributed by atoms with Crippen molar-refractivity contribution < 1.29 is 0 Å². The Bertz CT molecular complexity index is 820. The lowest BCUT2D eigenvalue weighted by atomic mass is 9.99. The van der Waals surface area contributed by atoms with Crippen LogP contribution in [0.1, 0.15) is 17.5 Å². The van der Waals surface area contributed by atoms with Gasteiger partial charge in [-0.2, -0.15) is 0 Å². The number of hydrogen-bond donors (Lipinski definition) is 1. The summed E-state index contributed by atoms with van der Waals surface area (Å²) >= 11 is 1.72. The molecule has 0 radical (unpaired) electrons. The molecule has 0 aliphatic carbocycles. The third kappa shape index (κ3) is 4.25. The second kappa shape index (κ2) is 8.24. The molecule has 0 spiro atoms. The quantitative estimate of drug-likeness (QED) is 0.712. The van der Waals surface area contributed by atoms with E-state index in [0.717, 1.165) is 17.9 Å². The fourth-order valence-electron chi connectivity index (χ4n) is 2.91. The second-order valence-electron chi connectivity index (χ2n) is 6.10. The minimum atomic E-state index is 0.707. The molecular weight excluding hydrogens is 324 g/mol. The number of thioether (sulfide) groups is 1. The van der Waals surface area contributed by atoms with E-state index in [1.165, 1.54) is 27.3 Å². The van der Waals surface area contributed by atoms with Gasteiger partial charge >= 0.3 is 0 Å². The number of para-hydroxylation sites is 1. The van der Waals surface area contributed by atoms with Crippen LogP contribution >= 0.6 is 11.8 Å². The van der Waals surface area contributed by atoms with E-state index in [2.05, 4.69) is 85.3 Å². The van der Waals surface area contributed by atoms with Crippen molar-refractivity contribution in [3.8, 4) is 0 Å². The fraction of sp³-hybridized carbons (Fsp3) is 0.182. The van der Waals surface area contributed by atoms with Crippen molar-refractivity contribution in [2.75, 3.05) is 18.0 Å². The summed E-state index contributed by atoms with van der Waals surface area (Å²) in [6.45, 7) is 8.03. The Balaban J connectivity index is 1.84. The largest absolute Gasteiger partial charge is 0.347 e. The molecule has 0 amide bonds. The minimum Gasteiger partial charge on any atom is -0.347 e. The average molecular weight is 349 g/mol. The van der Waals surface area contributed by atoms with Crippen LogP contribution in [0.25, 0.3) is 5.57 Å². The monoisotopic (exact) mass is 348 g/mol. The number of rotatable bonds is 6. The summed E-state index contributed by atoms with van der Waals surface area (Å²) in [7, 11) is 0. The van der Waals surface area contributed by atoms with Crippen molar-refractivity contribution in [2.24, 2.45) is 5.73 Å². The third-order valence-corrected chi connectivity index (χ3v) is 5.27. The van der Waals surface area contributed by atoms with E-state index in [-0.39, 0.29) is 0 Å². The zero-order valence-corrected chi connectivity index (χ0v) is 15.4. The van der Waals surface area contributed by atoms with Gasteiger partial charge in [0.15, 0.2) is 0 Å². The smallest absolute Gasteiger partial charge is 0.0485 e. The van der Waals surface area contributed by atoms with Gasteiger partial charge in [0.2, 0.25) is 0 Å². The third-order valence-electron chi connectivity index (χ3n) is 4.21. The van der Waals surface area contributed by atoms with Crippen molar-refractivity contribution in [3.63, 3.8) is 0 Å². The van der Waals surface area contributed by atoms with E-state index in [1.807, 2.05) is 0 Å². The molecule has 3 heteroatoms. The van der Waals surface area contributed by atoms with Crippen LogP contribution in [0.15, 0.2) is 83.3 Å². The van der Waals surface area contributed by atoms with Crippen molar-refractivity contribution in [1.82, 2.24) is 0 Å². The van der Waals surface area contributed by atoms with E-state index in [4.69, 9.17) is 5.73 Å². The van der Waals surface area contributed by atoms with E-state index in [9.17, 15) is 0 Å². The number of benzene rings is 2. The fourth-order valence-corrected chi connectivity index (χ4v) is 3.75. The number of nitrogens with two attached hydrogens (primary N) is 1. The Kier molecular flexibility index (Phi) is 5.79. The number of nitrogens with zero attached hydrogens (tertiary/aromatic N) is 1.